The van der Waals surface area contributed by atoms with E-state index in [1.165, 1.54) is 14.2 Å². The number of fused-ring (bicyclic) bond motifs is 3. The summed E-state index contributed by atoms with van der Waals surface area (Å²) in [5.41, 5.74) is 7.51. The smallest absolute Gasteiger partial charge is 0.407 e. The summed E-state index contributed by atoms with van der Waals surface area (Å²) in [4.78, 5) is 69.5. The largest absolute Gasteiger partial charge is 0.453 e. The molecule has 0 aliphatic carbocycles. The van der Waals surface area contributed by atoms with Gasteiger partial charge in [-0.3, -0.25) is 14.6 Å². The molecule has 3 saturated heterocycles. The van der Waals surface area contributed by atoms with Crippen molar-refractivity contribution in [3.63, 3.8) is 0 Å². The molecule has 3 fully saturated rings. The molecule has 9 rings (SSSR count). The first-order valence-electron chi connectivity index (χ1n) is 21.5. The van der Waals surface area contributed by atoms with Crippen LogP contribution in [0.25, 0.3) is 33.2 Å². The van der Waals surface area contributed by atoms with Gasteiger partial charge in [0.25, 0.3) is 5.91 Å². The van der Waals surface area contributed by atoms with Crippen molar-refractivity contribution in [2.75, 3.05) is 40.5 Å². The summed E-state index contributed by atoms with van der Waals surface area (Å²) in [5.74, 6) is -0.933. The van der Waals surface area contributed by atoms with Crippen molar-refractivity contribution in [3.8, 4) is 22.4 Å². The van der Waals surface area contributed by atoms with Gasteiger partial charge in [-0.15, -0.1) is 0 Å². The number of aromatic amines is 1. The molecule has 326 valence electrons. The number of carbonyl (C=O) groups excluding carboxylic acids is 4. The van der Waals surface area contributed by atoms with Crippen LogP contribution in [0.2, 0.25) is 0 Å². The predicted molar refractivity (Wildman–Crippen MR) is 235 cm³/mol. The first-order valence-corrected chi connectivity index (χ1v) is 21.5. The topological polar surface area (TPSA) is 177 Å². The van der Waals surface area contributed by atoms with Crippen LogP contribution >= 0.6 is 0 Å². The Labute approximate surface area is 365 Å². The summed E-state index contributed by atoms with van der Waals surface area (Å²) in [6.07, 6.45) is 3.17. The molecule has 1 spiro atoms. The van der Waals surface area contributed by atoms with E-state index >= 15 is 0 Å². The molecule has 4 aliphatic rings. The first kappa shape index (κ1) is 41.8. The van der Waals surface area contributed by atoms with Crippen molar-refractivity contribution >= 4 is 46.2 Å². The van der Waals surface area contributed by atoms with Gasteiger partial charge in [-0.25, -0.2) is 14.6 Å². The minimum atomic E-state index is -0.997. The summed E-state index contributed by atoms with van der Waals surface area (Å²) in [5, 5.41) is 7.68. The van der Waals surface area contributed by atoms with Crippen molar-refractivity contribution in [1.29, 1.82) is 0 Å². The number of likely N-dealkylation sites (tertiary alicyclic amines) is 2. The number of alkyl carbamates (subject to hydrolysis) is 2. The lowest BCUT2D eigenvalue weighted by molar-refractivity contribution is -0.153. The molecule has 5 aromatic rings. The second-order valence-electron chi connectivity index (χ2n) is 16.9. The van der Waals surface area contributed by atoms with Gasteiger partial charge in [-0.1, -0.05) is 86.6 Å². The molecule has 3 N–H and O–H groups in total. The highest BCUT2D eigenvalue weighted by atomic mass is 16.7. The van der Waals surface area contributed by atoms with Gasteiger partial charge < -0.3 is 44.4 Å². The van der Waals surface area contributed by atoms with Gasteiger partial charge >= 0.3 is 12.2 Å². The highest BCUT2D eigenvalue weighted by Crippen LogP contribution is 2.44. The number of hydrogen-bond donors (Lipinski definition) is 3. The summed E-state index contributed by atoms with van der Waals surface area (Å²) in [7, 11) is 2.56. The number of amides is 4. The molecule has 0 unspecified atom stereocenters. The Morgan fingerprint density at radius 2 is 1.54 bits per heavy atom. The Morgan fingerprint density at radius 1 is 0.825 bits per heavy atom. The Balaban J connectivity index is 0.911. The van der Waals surface area contributed by atoms with E-state index in [9.17, 15) is 19.2 Å². The van der Waals surface area contributed by atoms with Crippen LogP contribution in [0, 0.1) is 5.92 Å². The second-order valence-corrected chi connectivity index (χ2v) is 16.9. The number of nitrogens with one attached hydrogen (secondary N) is 3. The van der Waals surface area contributed by atoms with Gasteiger partial charge in [-0.2, -0.15) is 0 Å². The molecule has 15 heteroatoms. The number of rotatable bonds is 10. The van der Waals surface area contributed by atoms with Crippen LogP contribution in [0.3, 0.4) is 0 Å². The molecule has 4 aromatic carbocycles. The van der Waals surface area contributed by atoms with Crippen molar-refractivity contribution in [2.24, 2.45) is 10.9 Å². The normalized spacial score (nSPS) is 19.9. The van der Waals surface area contributed by atoms with Gasteiger partial charge in [0.1, 0.15) is 17.9 Å². The van der Waals surface area contributed by atoms with E-state index in [-0.39, 0.29) is 30.3 Å². The van der Waals surface area contributed by atoms with Crippen LogP contribution in [0.4, 0.5) is 15.3 Å². The van der Waals surface area contributed by atoms with Gasteiger partial charge in [0.15, 0.2) is 5.79 Å². The molecule has 4 atom stereocenters. The van der Waals surface area contributed by atoms with Gasteiger partial charge in [0, 0.05) is 25.1 Å². The number of methoxy groups -OCH3 is 2. The predicted octanol–water partition coefficient (Wildman–Crippen LogP) is 7.01. The lowest BCUT2D eigenvalue weighted by atomic mass is 9.94. The molecule has 4 amide bonds. The van der Waals surface area contributed by atoms with Crippen LogP contribution in [0.1, 0.15) is 62.1 Å². The Morgan fingerprint density at radius 3 is 2.27 bits per heavy atom. The second kappa shape index (κ2) is 17.3. The quantitative estimate of drug-likeness (QED) is 0.133. The number of aromatic nitrogens is 2. The van der Waals surface area contributed by atoms with Crippen LogP contribution < -0.4 is 10.6 Å². The minimum absolute atomic E-state index is 0.102. The van der Waals surface area contributed by atoms with Crippen molar-refractivity contribution < 1.29 is 38.1 Å². The van der Waals surface area contributed by atoms with Crippen LogP contribution in [-0.2, 0) is 35.0 Å². The highest BCUT2D eigenvalue weighted by Gasteiger charge is 2.52. The number of nitrogens with zero attached hydrogens (tertiary/aromatic N) is 4. The van der Waals surface area contributed by atoms with Gasteiger partial charge in [0.05, 0.1) is 63.6 Å². The van der Waals surface area contributed by atoms with E-state index < -0.39 is 36.1 Å². The molecular weight excluding hydrogens is 803 g/mol. The zero-order chi connectivity index (χ0) is 43.8. The number of ether oxygens (including phenoxy) is 4. The standard InChI is InChI=1S/C48H51N7O8/c1-28(2)41(52-46(58)60-3)44(56)54-20-8-11-39(54)37-24-35-34-18-16-32(23-33(34)17-19-36(35)50-37)29-12-14-30(15-13-29)38-26-49-43(51-38)40-25-48(62-21-22-63-48)27-55(40)45(57)42(53-47(59)61-4)31-9-6-5-7-10-31/h5-7,9-10,12-19,23,26,28,39-42H,8,11,20-22,24-25,27H2,1-4H3,(H,49,51)(H,52,58)(H,53,59)/t39-,40-,41-,42+/m0/s1. The highest BCUT2D eigenvalue weighted by molar-refractivity contribution is 6.06. The molecule has 0 bridgehead atoms. The van der Waals surface area contributed by atoms with Gasteiger partial charge in [-0.05, 0) is 69.5 Å². The summed E-state index contributed by atoms with van der Waals surface area (Å²) >= 11 is 0. The maximum atomic E-state index is 14.4. The molecule has 4 aliphatic heterocycles. The average Bonchev–Trinajstić information content (AvgIpc) is 4.17. The summed E-state index contributed by atoms with van der Waals surface area (Å²) in [6.45, 7) is 5.47. The molecular formula is C48H51N7O8. The van der Waals surface area contributed by atoms with Crippen LogP contribution in [0.5, 0.6) is 0 Å². The molecule has 5 heterocycles. The Bertz CT molecular complexity index is 2570. The third kappa shape index (κ3) is 8.14. The molecule has 0 saturated carbocycles. The summed E-state index contributed by atoms with van der Waals surface area (Å²) < 4.78 is 21.8. The fourth-order valence-corrected chi connectivity index (χ4v) is 9.47. The van der Waals surface area contributed by atoms with E-state index in [1.807, 2.05) is 49.1 Å². The Hall–Kier alpha value is -6.58. The fraction of sp³-hybridized carbons (Fsp3) is 0.375. The number of hydrogen-bond acceptors (Lipinski definition) is 10. The number of H-pyrrole nitrogens is 1. The average molecular weight is 854 g/mol. The van der Waals surface area contributed by atoms with Crippen LogP contribution in [-0.4, -0.2) is 108 Å². The maximum absolute atomic E-state index is 14.4. The summed E-state index contributed by atoms with van der Waals surface area (Å²) in [6, 6.07) is 25.7. The minimum Gasteiger partial charge on any atom is -0.453 e. The van der Waals surface area contributed by atoms with Crippen molar-refractivity contribution in [1.82, 2.24) is 30.4 Å². The zero-order valence-electron chi connectivity index (χ0n) is 35.8. The number of imidazole rings is 1. The van der Waals surface area contributed by atoms with E-state index in [2.05, 4.69) is 58.1 Å². The van der Waals surface area contributed by atoms with E-state index in [1.54, 1.807) is 23.2 Å². The van der Waals surface area contributed by atoms with Crippen molar-refractivity contribution in [3.05, 3.63) is 108 Å². The first-order chi connectivity index (χ1) is 30.5. The molecule has 15 nitrogen and oxygen atoms in total. The third-order valence-corrected chi connectivity index (χ3v) is 12.7. The van der Waals surface area contributed by atoms with E-state index in [4.69, 9.17) is 28.9 Å². The van der Waals surface area contributed by atoms with Crippen molar-refractivity contribution in [2.45, 2.75) is 69.5 Å². The molecule has 0 radical (unpaired) electrons. The fourth-order valence-electron chi connectivity index (χ4n) is 9.47. The zero-order valence-corrected chi connectivity index (χ0v) is 35.8. The monoisotopic (exact) mass is 853 g/mol. The third-order valence-electron chi connectivity index (χ3n) is 12.7. The molecule has 63 heavy (non-hydrogen) atoms. The lowest BCUT2D eigenvalue weighted by Gasteiger charge is -2.30. The number of carbonyl (C=O) groups is 4. The Kier molecular flexibility index (Phi) is 11.5. The van der Waals surface area contributed by atoms with Crippen LogP contribution in [0.15, 0.2) is 96.1 Å². The van der Waals surface area contributed by atoms with E-state index in [0.29, 0.717) is 44.0 Å². The maximum Gasteiger partial charge on any atom is 0.407 e. The van der Waals surface area contributed by atoms with Gasteiger partial charge in [0.2, 0.25) is 5.91 Å². The molecule has 1 aromatic heterocycles. The lowest BCUT2D eigenvalue weighted by Crippen LogP contribution is -2.53. The number of aliphatic imine (C=N–C) groups is 1. The number of benzene rings is 4. The van der Waals surface area contributed by atoms with E-state index in [0.717, 1.165) is 63.0 Å². The SMILES string of the molecule is COC(=O)N[C@H](C(=O)N1CCC[C@H]1C1=Nc2ccc3cc(-c4ccc(-c5cnc([C@@H]6CC7(CN6C(=O)[C@H](NC(=O)OC)c6ccccc6)OCCO7)[nH]5)cc4)ccc3c2C1)C(C)C.